The van der Waals surface area contributed by atoms with Gasteiger partial charge in [0.2, 0.25) is 11.8 Å². The first kappa shape index (κ1) is 19.6. The summed E-state index contributed by atoms with van der Waals surface area (Å²) >= 11 is 0. The molecule has 0 spiro atoms. The molecule has 0 unspecified atom stereocenters. The average molecular weight is 363 g/mol. The van der Waals surface area contributed by atoms with E-state index >= 15 is 0 Å². The second-order valence-electron chi connectivity index (χ2n) is 5.86. The van der Waals surface area contributed by atoms with E-state index in [2.05, 4.69) is 10.6 Å². The van der Waals surface area contributed by atoms with Crippen LogP contribution in [0.4, 0.5) is 10.5 Å². The fourth-order valence-electron chi connectivity index (χ4n) is 2.83. The van der Waals surface area contributed by atoms with Crippen molar-refractivity contribution in [1.82, 2.24) is 10.2 Å². The molecule has 1 saturated heterocycles. The third-order valence-corrected chi connectivity index (χ3v) is 4.12. The van der Waals surface area contributed by atoms with E-state index < -0.39 is 12.1 Å². The molecule has 1 atom stereocenters. The lowest BCUT2D eigenvalue weighted by Gasteiger charge is -2.24. The van der Waals surface area contributed by atoms with Crippen molar-refractivity contribution in [3.63, 3.8) is 0 Å². The fraction of sp³-hybridized carbons (Fsp3) is 0.500. The Morgan fingerprint density at radius 2 is 1.96 bits per heavy atom. The summed E-state index contributed by atoms with van der Waals surface area (Å²) < 4.78 is 9.83. The van der Waals surface area contributed by atoms with Crippen molar-refractivity contribution in [3.05, 3.63) is 24.3 Å². The minimum Gasteiger partial charge on any atom is -0.497 e. The van der Waals surface area contributed by atoms with Crippen molar-refractivity contribution in [3.8, 4) is 5.75 Å². The highest BCUT2D eigenvalue weighted by molar-refractivity contribution is 5.97. The molecule has 3 amide bonds. The van der Waals surface area contributed by atoms with Gasteiger partial charge >= 0.3 is 6.09 Å². The zero-order valence-electron chi connectivity index (χ0n) is 15.1. The summed E-state index contributed by atoms with van der Waals surface area (Å²) in [6.45, 7) is 2.71. The highest BCUT2D eigenvalue weighted by Crippen LogP contribution is 2.21. The van der Waals surface area contributed by atoms with Gasteiger partial charge in [0.05, 0.1) is 13.7 Å². The number of nitrogens with one attached hydrogen (secondary N) is 2. The van der Waals surface area contributed by atoms with Crippen molar-refractivity contribution < 1.29 is 23.9 Å². The monoisotopic (exact) mass is 363 g/mol. The normalized spacial score (nSPS) is 16.1. The number of carbonyl (C=O) groups is 3. The molecule has 0 bridgehead atoms. The molecule has 0 aliphatic carbocycles. The molecule has 1 fully saturated rings. The molecule has 1 aromatic rings. The van der Waals surface area contributed by atoms with E-state index in [9.17, 15) is 14.4 Å². The Kier molecular flexibility index (Phi) is 7.25. The molecule has 0 radical (unpaired) electrons. The number of likely N-dealkylation sites (tertiary alicyclic amines) is 1. The number of hydrogen-bond donors (Lipinski definition) is 2. The topological polar surface area (TPSA) is 97.0 Å². The minimum atomic E-state index is -0.546. The Bertz CT molecular complexity index is 632. The molecule has 142 valence electrons. The van der Waals surface area contributed by atoms with Crippen molar-refractivity contribution in [2.24, 2.45) is 0 Å². The maximum absolute atomic E-state index is 12.5. The summed E-state index contributed by atoms with van der Waals surface area (Å²) in [5.74, 6) is 0.336. The number of alkyl carbamates (subject to hydrolysis) is 1. The summed E-state index contributed by atoms with van der Waals surface area (Å²) in [6, 6.07) is 6.53. The van der Waals surface area contributed by atoms with Crippen LogP contribution in [0.15, 0.2) is 24.3 Å². The van der Waals surface area contributed by atoms with Gasteiger partial charge in [-0.15, -0.1) is 0 Å². The Labute approximate surface area is 152 Å². The van der Waals surface area contributed by atoms with Gasteiger partial charge in [-0.25, -0.2) is 4.79 Å². The number of benzene rings is 1. The maximum Gasteiger partial charge on any atom is 0.407 e. The lowest BCUT2D eigenvalue weighted by Crippen LogP contribution is -2.44. The van der Waals surface area contributed by atoms with Crippen LogP contribution in [0.2, 0.25) is 0 Å². The van der Waals surface area contributed by atoms with Crippen LogP contribution in [0, 0.1) is 0 Å². The lowest BCUT2D eigenvalue weighted by molar-refractivity contribution is -0.136. The van der Waals surface area contributed by atoms with Gasteiger partial charge < -0.3 is 25.0 Å². The summed E-state index contributed by atoms with van der Waals surface area (Å²) in [6.07, 6.45) is 0.984. The molecule has 0 aromatic heterocycles. The molecule has 8 nitrogen and oxygen atoms in total. The number of rotatable bonds is 7. The van der Waals surface area contributed by atoms with Crippen LogP contribution < -0.4 is 15.4 Å². The molecular formula is C18H25N3O5. The van der Waals surface area contributed by atoms with Crippen LogP contribution >= 0.6 is 0 Å². The first-order chi connectivity index (χ1) is 12.5. The minimum absolute atomic E-state index is 0.130. The molecular weight excluding hydrogens is 338 g/mol. The summed E-state index contributed by atoms with van der Waals surface area (Å²) in [4.78, 5) is 37.7. The van der Waals surface area contributed by atoms with Crippen molar-refractivity contribution in [2.75, 3.05) is 32.1 Å². The van der Waals surface area contributed by atoms with Crippen LogP contribution in [0.25, 0.3) is 0 Å². The maximum atomic E-state index is 12.5. The Morgan fingerprint density at radius 1 is 1.23 bits per heavy atom. The van der Waals surface area contributed by atoms with Crippen LogP contribution in [-0.4, -0.2) is 55.7 Å². The van der Waals surface area contributed by atoms with Crippen LogP contribution in [0.5, 0.6) is 5.75 Å². The zero-order valence-corrected chi connectivity index (χ0v) is 15.1. The molecule has 2 rings (SSSR count). The highest BCUT2D eigenvalue weighted by Gasteiger charge is 2.33. The number of carbonyl (C=O) groups excluding carboxylic acids is 3. The quantitative estimate of drug-likeness (QED) is 0.769. The predicted molar refractivity (Wildman–Crippen MR) is 96.0 cm³/mol. The van der Waals surface area contributed by atoms with Crippen molar-refractivity contribution >= 4 is 23.6 Å². The van der Waals surface area contributed by atoms with E-state index in [0.29, 0.717) is 24.4 Å². The molecule has 8 heteroatoms. The summed E-state index contributed by atoms with van der Waals surface area (Å²) in [5, 5.41) is 5.34. The number of ether oxygens (including phenoxy) is 2. The van der Waals surface area contributed by atoms with Gasteiger partial charge in [-0.3, -0.25) is 9.59 Å². The molecule has 1 aliphatic rings. The van der Waals surface area contributed by atoms with E-state index in [4.69, 9.17) is 9.47 Å². The molecule has 1 aliphatic heterocycles. The summed E-state index contributed by atoms with van der Waals surface area (Å²) in [7, 11) is 1.58. The molecule has 1 heterocycles. The molecule has 2 N–H and O–H groups in total. The average Bonchev–Trinajstić information content (AvgIpc) is 3.12. The van der Waals surface area contributed by atoms with E-state index in [1.165, 1.54) is 0 Å². The highest BCUT2D eigenvalue weighted by atomic mass is 16.5. The van der Waals surface area contributed by atoms with E-state index in [1.54, 1.807) is 43.2 Å². The first-order valence-electron chi connectivity index (χ1n) is 8.70. The number of nitrogens with zero attached hydrogens (tertiary/aromatic N) is 1. The standard InChI is InChI=1S/C18H25N3O5/c1-3-26-18(24)19-11-10-16(22)21-12-4-5-15(21)17(23)20-13-6-8-14(25-2)9-7-13/h6-9,15H,3-5,10-12H2,1-2H3,(H,19,24)(H,20,23)/t15-/m1/s1. The smallest absolute Gasteiger partial charge is 0.407 e. The number of methoxy groups -OCH3 is 1. The SMILES string of the molecule is CCOC(=O)NCCC(=O)N1CCC[C@@H]1C(=O)Nc1ccc(OC)cc1. The number of hydrogen-bond acceptors (Lipinski definition) is 5. The van der Waals surface area contributed by atoms with Crippen molar-refractivity contribution in [2.45, 2.75) is 32.2 Å². The van der Waals surface area contributed by atoms with Gasteiger partial charge in [-0.2, -0.15) is 0 Å². The van der Waals surface area contributed by atoms with Gasteiger partial charge in [0.25, 0.3) is 0 Å². The molecule has 0 saturated carbocycles. The zero-order chi connectivity index (χ0) is 18.9. The Hall–Kier alpha value is -2.77. The van der Waals surface area contributed by atoms with Crippen LogP contribution in [0.1, 0.15) is 26.2 Å². The number of amides is 3. The van der Waals surface area contributed by atoms with Crippen LogP contribution in [-0.2, 0) is 14.3 Å². The Balaban J connectivity index is 1.86. The summed E-state index contributed by atoms with van der Waals surface area (Å²) in [5.41, 5.74) is 0.652. The predicted octanol–water partition coefficient (Wildman–Crippen LogP) is 1.76. The van der Waals surface area contributed by atoms with Gasteiger partial charge in [-0.1, -0.05) is 0 Å². The first-order valence-corrected chi connectivity index (χ1v) is 8.70. The second kappa shape index (κ2) is 9.65. The third-order valence-electron chi connectivity index (χ3n) is 4.12. The Morgan fingerprint density at radius 3 is 2.62 bits per heavy atom. The lowest BCUT2D eigenvalue weighted by atomic mass is 10.2. The largest absolute Gasteiger partial charge is 0.497 e. The van der Waals surface area contributed by atoms with Crippen molar-refractivity contribution in [1.29, 1.82) is 0 Å². The van der Waals surface area contributed by atoms with E-state index in [0.717, 1.165) is 6.42 Å². The van der Waals surface area contributed by atoms with E-state index in [1.807, 2.05) is 0 Å². The van der Waals surface area contributed by atoms with Crippen LogP contribution in [0.3, 0.4) is 0 Å². The van der Waals surface area contributed by atoms with Gasteiger partial charge in [0.1, 0.15) is 11.8 Å². The fourth-order valence-corrected chi connectivity index (χ4v) is 2.83. The second-order valence-corrected chi connectivity index (χ2v) is 5.86. The van der Waals surface area contributed by atoms with Gasteiger partial charge in [0, 0.05) is 25.2 Å². The third kappa shape index (κ3) is 5.37. The van der Waals surface area contributed by atoms with E-state index in [-0.39, 0.29) is 31.4 Å². The van der Waals surface area contributed by atoms with Gasteiger partial charge in [-0.05, 0) is 44.0 Å². The van der Waals surface area contributed by atoms with Gasteiger partial charge in [0.15, 0.2) is 0 Å². The molecule has 26 heavy (non-hydrogen) atoms. The molecule has 1 aromatic carbocycles. The number of anilines is 1.